The Kier molecular flexibility index (Phi) is 3.27. The molecule has 2 heteroatoms. The fourth-order valence-corrected chi connectivity index (χ4v) is 1.19. The largest absolute Gasteiger partial charge is 0.488 e. The summed E-state index contributed by atoms with van der Waals surface area (Å²) in [4.78, 5) is 0. The summed E-state index contributed by atoms with van der Waals surface area (Å²) in [5, 5.41) is 0. The first-order valence-electron chi connectivity index (χ1n) is 3.70. The standard InChI is InChI=1S/C8H12FO/c9-6-7-10-8-4-2-1-3-5-8/h6-7H,1-5H2. The molecule has 0 bridgehead atoms. The topological polar surface area (TPSA) is 9.23 Å². The minimum absolute atomic E-state index is 0.432. The van der Waals surface area contributed by atoms with E-state index in [1.807, 2.05) is 0 Å². The highest BCUT2D eigenvalue weighted by Crippen LogP contribution is 2.26. The van der Waals surface area contributed by atoms with Crippen molar-refractivity contribution in [2.75, 3.05) is 0 Å². The van der Waals surface area contributed by atoms with Gasteiger partial charge < -0.3 is 4.74 Å². The van der Waals surface area contributed by atoms with Gasteiger partial charge in [0.1, 0.15) is 18.7 Å². The Balaban J connectivity index is 2.13. The summed E-state index contributed by atoms with van der Waals surface area (Å²) in [5.41, 5.74) is 0. The zero-order valence-corrected chi connectivity index (χ0v) is 5.98. The minimum Gasteiger partial charge on any atom is -0.488 e. The Hall–Kier alpha value is -0.530. The van der Waals surface area contributed by atoms with Gasteiger partial charge in [-0.15, -0.1) is 0 Å². The Morgan fingerprint density at radius 3 is 2.50 bits per heavy atom. The molecule has 0 aromatic rings. The van der Waals surface area contributed by atoms with Crippen LogP contribution >= 0.6 is 0 Å². The average molecular weight is 143 g/mol. The van der Waals surface area contributed by atoms with E-state index >= 15 is 0 Å². The Morgan fingerprint density at radius 1 is 1.20 bits per heavy atom. The third-order valence-electron chi connectivity index (χ3n) is 1.70. The van der Waals surface area contributed by atoms with Gasteiger partial charge in [0.2, 0.25) is 0 Å². The van der Waals surface area contributed by atoms with Gasteiger partial charge in [-0.3, -0.25) is 0 Å². The molecule has 0 atom stereocenters. The molecule has 0 heterocycles. The van der Waals surface area contributed by atoms with Crippen molar-refractivity contribution >= 4 is 0 Å². The molecule has 1 saturated carbocycles. The predicted molar refractivity (Wildman–Crippen MR) is 37.7 cm³/mol. The molecule has 0 aromatic carbocycles. The first-order valence-corrected chi connectivity index (χ1v) is 3.70. The fourth-order valence-electron chi connectivity index (χ4n) is 1.19. The first-order chi connectivity index (χ1) is 4.93. The van der Waals surface area contributed by atoms with E-state index < -0.39 is 0 Å². The second kappa shape index (κ2) is 4.31. The van der Waals surface area contributed by atoms with E-state index in [0.29, 0.717) is 6.33 Å². The maximum Gasteiger partial charge on any atom is 0.147 e. The number of hydrogen-bond acceptors (Lipinski definition) is 1. The molecule has 0 aliphatic heterocycles. The van der Waals surface area contributed by atoms with Crippen molar-refractivity contribution in [3.05, 3.63) is 18.7 Å². The van der Waals surface area contributed by atoms with E-state index in [9.17, 15) is 4.39 Å². The van der Waals surface area contributed by atoms with Crippen molar-refractivity contribution < 1.29 is 9.13 Å². The van der Waals surface area contributed by atoms with E-state index in [1.54, 1.807) is 0 Å². The highest BCUT2D eigenvalue weighted by molar-refractivity contribution is 4.84. The van der Waals surface area contributed by atoms with Crippen molar-refractivity contribution in [3.63, 3.8) is 0 Å². The van der Waals surface area contributed by atoms with E-state index in [2.05, 4.69) is 0 Å². The summed E-state index contributed by atoms with van der Waals surface area (Å²) in [6.07, 6.45) is 8.24. The van der Waals surface area contributed by atoms with Gasteiger partial charge in [0.25, 0.3) is 0 Å². The van der Waals surface area contributed by atoms with Gasteiger partial charge in [0, 0.05) is 0 Å². The van der Waals surface area contributed by atoms with E-state index in [0.717, 1.165) is 25.2 Å². The van der Waals surface area contributed by atoms with Crippen LogP contribution in [0, 0.1) is 6.10 Å². The van der Waals surface area contributed by atoms with Crippen molar-refractivity contribution in [2.24, 2.45) is 0 Å². The second-order valence-corrected chi connectivity index (χ2v) is 2.48. The molecular formula is C8H12FO. The van der Waals surface area contributed by atoms with Gasteiger partial charge in [-0.1, -0.05) is 6.42 Å². The lowest BCUT2D eigenvalue weighted by Gasteiger charge is -2.18. The third-order valence-corrected chi connectivity index (χ3v) is 1.70. The zero-order valence-electron chi connectivity index (χ0n) is 5.98. The van der Waals surface area contributed by atoms with E-state index in [4.69, 9.17) is 4.74 Å². The van der Waals surface area contributed by atoms with Gasteiger partial charge in [-0.2, -0.15) is 0 Å². The van der Waals surface area contributed by atoms with Crippen molar-refractivity contribution in [1.82, 2.24) is 0 Å². The van der Waals surface area contributed by atoms with Gasteiger partial charge >= 0.3 is 0 Å². The van der Waals surface area contributed by atoms with Crippen LogP contribution < -0.4 is 0 Å². The molecule has 0 aromatic heterocycles. The SMILES string of the molecule is FC=CO[C]1CCCCC1. The van der Waals surface area contributed by atoms with Crippen LogP contribution in [0.4, 0.5) is 4.39 Å². The normalized spacial score (nSPS) is 21.7. The summed E-state index contributed by atoms with van der Waals surface area (Å²) in [6.45, 7) is 0. The molecule has 0 amide bonds. The molecule has 10 heavy (non-hydrogen) atoms. The summed E-state index contributed by atoms with van der Waals surface area (Å²) in [7, 11) is 0. The van der Waals surface area contributed by atoms with Crippen LogP contribution in [0.5, 0.6) is 0 Å². The summed E-state index contributed by atoms with van der Waals surface area (Å²) < 4.78 is 16.4. The molecule has 1 aliphatic carbocycles. The monoisotopic (exact) mass is 143 g/mol. The van der Waals surface area contributed by atoms with Gasteiger partial charge in [0.05, 0.1) is 0 Å². The molecule has 0 unspecified atom stereocenters. The molecule has 0 spiro atoms. The smallest absolute Gasteiger partial charge is 0.147 e. The van der Waals surface area contributed by atoms with Gasteiger partial charge in [-0.25, -0.2) is 4.39 Å². The molecule has 0 N–H and O–H groups in total. The molecule has 1 aliphatic rings. The molecular weight excluding hydrogens is 131 g/mol. The summed E-state index contributed by atoms with van der Waals surface area (Å²) in [5.74, 6) is 0. The Bertz CT molecular complexity index is 106. The molecule has 1 fully saturated rings. The maximum absolute atomic E-state index is 11.4. The van der Waals surface area contributed by atoms with E-state index in [1.165, 1.54) is 19.3 Å². The minimum atomic E-state index is 0.432. The fraction of sp³-hybridized carbons (Fsp3) is 0.625. The van der Waals surface area contributed by atoms with Crippen LogP contribution in [-0.4, -0.2) is 0 Å². The maximum atomic E-state index is 11.4. The number of hydrogen-bond donors (Lipinski definition) is 0. The molecule has 0 saturated heterocycles. The quantitative estimate of drug-likeness (QED) is 0.540. The van der Waals surface area contributed by atoms with Crippen LogP contribution in [0.15, 0.2) is 12.6 Å². The Morgan fingerprint density at radius 2 is 1.90 bits per heavy atom. The molecule has 1 radical (unpaired) electrons. The number of halogens is 1. The van der Waals surface area contributed by atoms with E-state index in [-0.39, 0.29) is 0 Å². The molecule has 1 nitrogen and oxygen atoms in total. The van der Waals surface area contributed by atoms with Crippen LogP contribution in [0.1, 0.15) is 32.1 Å². The summed E-state index contributed by atoms with van der Waals surface area (Å²) >= 11 is 0. The van der Waals surface area contributed by atoms with Crippen molar-refractivity contribution in [3.8, 4) is 0 Å². The lowest BCUT2D eigenvalue weighted by atomic mass is 9.98. The van der Waals surface area contributed by atoms with Crippen molar-refractivity contribution in [2.45, 2.75) is 32.1 Å². The zero-order chi connectivity index (χ0) is 7.23. The summed E-state index contributed by atoms with van der Waals surface area (Å²) in [6, 6.07) is 0. The van der Waals surface area contributed by atoms with Crippen LogP contribution in [0.25, 0.3) is 0 Å². The van der Waals surface area contributed by atoms with Crippen LogP contribution in [0.3, 0.4) is 0 Å². The molecule has 57 valence electrons. The lowest BCUT2D eigenvalue weighted by molar-refractivity contribution is 0.203. The molecule has 1 rings (SSSR count). The third kappa shape index (κ3) is 2.38. The van der Waals surface area contributed by atoms with Crippen LogP contribution in [-0.2, 0) is 4.74 Å². The number of rotatable bonds is 2. The van der Waals surface area contributed by atoms with Crippen LogP contribution in [0.2, 0.25) is 0 Å². The Labute approximate surface area is 60.9 Å². The predicted octanol–water partition coefficient (Wildman–Crippen LogP) is 2.94. The average Bonchev–Trinajstić information content (AvgIpc) is 2.03. The van der Waals surface area contributed by atoms with Gasteiger partial charge in [0.15, 0.2) is 0 Å². The number of ether oxygens (including phenoxy) is 1. The second-order valence-electron chi connectivity index (χ2n) is 2.48. The van der Waals surface area contributed by atoms with Gasteiger partial charge in [-0.05, 0) is 25.7 Å². The highest BCUT2D eigenvalue weighted by atomic mass is 19.1. The first kappa shape index (κ1) is 7.58. The highest BCUT2D eigenvalue weighted by Gasteiger charge is 2.13. The van der Waals surface area contributed by atoms with Crippen molar-refractivity contribution in [1.29, 1.82) is 0 Å². The lowest BCUT2D eigenvalue weighted by Crippen LogP contribution is -2.04.